The molecule has 1 rings (SSSR count). The third kappa shape index (κ3) is 50.1. The number of unbranched alkanes of at least 4 members (excludes halogenated alkanes) is 46. The average molecular weight is 1140 g/mol. The topological polar surface area (TPSA) is 149 Å². The van der Waals surface area contributed by atoms with Gasteiger partial charge in [-0.2, -0.15) is 0 Å². The summed E-state index contributed by atoms with van der Waals surface area (Å²) in [7, 11) is 0. The Balaban J connectivity index is 2.03. The second-order valence-corrected chi connectivity index (χ2v) is 24.7. The summed E-state index contributed by atoms with van der Waals surface area (Å²) in [6, 6.07) is -0.804. The van der Waals surface area contributed by atoms with Crippen LogP contribution in [-0.2, 0) is 14.3 Å². The summed E-state index contributed by atoms with van der Waals surface area (Å²) in [4.78, 5) is 13.1. The standard InChI is InChI=1S/C72H135NO8/c1-3-5-7-9-11-13-15-17-19-21-22-23-24-25-26-27-28-29-30-31-32-33-34-35-36-37-38-39-40-41-42-43-44-46-48-50-52-54-56-58-60-62-68(76)73-65(64-80-72-71(79)70(78)69(77)67(63-74)81-72)66(75)61-59-57-55-53-51-49-47-45-20-18-16-14-12-10-8-6-4-2/h15,17,21-22,24-25,59,61,65-67,69-72,74-75,77-79H,3-14,16,18-20,23,26-58,60,62-64H2,1-2H3,(H,73,76)/b17-15-,22-21-,25-24-,61-59+. The van der Waals surface area contributed by atoms with Crippen molar-refractivity contribution >= 4 is 5.91 Å². The number of carbonyl (C=O) groups excluding carboxylic acids is 1. The molecule has 0 saturated carbocycles. The Hall–Kier alpha value is -1.85. The number of amides is 1. The van der Waals surface area contributed by atoms with Crippen LogP contribution in [0, 0.1) is 0 Å². The van der Waals surface area contributed by atoms with Crippen LogP contribution in [0.3, 0.4) is 0 Å². The number of carbonyl (C=O) groups is 1. The van der Waals surface area contributed by atoms with Crippen molar-refractivity contribution in [2.45, 2.75) is 391 Å². The van der Waals surface area contributed by atoms with Crippen molar-refractivity contribution in [2.75, 3.05) is 13.2 Å². The lowest BCUT2D eigenvalue weighted by Gasteiger charge is -2.40. The molecule has 1 heterocycles. The minimum atomic E-state index is -1.57. The molecule has 9 nitrogen and oxygen atoms in total. The molecular weight excluding hydrogens is 1010 g/mol. The van der Waals surface area contributed by atoms with Gasteiger partial charge in [0.15, 0.2) is 6.29 Å². The summed E-state index contributed by atoms with van der Waals surface area (Å²) in [5.41, 5.74) is 0. The summed E-state index contributed by atoms with van der Waals surface area (Å²) < 4.78 is 11.3. The minimum Gasteiger partial charge on any atom is -0.394 e. The zero-order valence-electron chi connectivity index (χ0n) is 53.3. The van der Waals surface area contributed by atoms with E-state index in [2.05, 4.69) is 55.6 Å². The van der Waals surface area contributed by atoms with E-state index in [9.17, 15) is 30.3 Å². The first-order valence-corrected chi connectivity index (χ1v) is 35.4. The molecule has 0 aliphatic carbocycles. The predicted octanol–water partition coefficient (Wildman–Crippen LogP) is 19.2. The summed E-state index contributed by atoms with van der Waals surface area (Å²) >= 11 is 0. The molecule has 0 aromatic rings. The zero-order chi connectivity index (χ0) is 58.6. The molecule has 7 unspecified atom stereocenters. The largest absolute Gasteiger partial charge is 0.394 e. The van der Waals surface area contributed by atoms with Gasteiger partial charge >= 0.3 is 0 Å². The van der Waals surface area contributed by atoms with Gasteiger partial charge in [0.05, 0.1) is 25.4 Å². The third-order valence-electron chi connectivity index (χ3n) is 16.9. The summed E-state index contributed by atoms with van der Waals surface area (Å²) in [6.07, 6.45) is 76.6. The average Bonchev–Trinajstić information content (AvgIpc) is 3.49. The lowest BCUT2D eigenvalue weighted by atomic mass is 9.99. The van der Waals surface area contributed by atoms with Crippen LogP contribution in [0.5, 0.6) is 0 Å². The quantitative estimate of drug-likeness (QED) is 0.0261. The highest BCUT2D eigenvalue weighted by Gasteiger charge is 2.44. The molecule has 1 fully saturated rings. The van der Waals surface area contributed by atoms with Crippen LogP contribution >= 0.6 is 0 Å². The van der Waals surface area contributed by atoms with Crippen molar-refractivity contribution in [1.82, 2.24) is 5.32 Å². The Morgan fingerprint density at radius 2 is 0.728 bits per heavy atom. The van der Waals surface area contributed by atoms with Gasteiger partial charge < -0.3 is 40.3 Å². The number of rotatable bonds is 62. The van der Waals surface area contributed by atoms with Gasteiger partial charge in [-0.3, -0.25) is 4.79 Å². The van der Waals surface area contributed by atoms with E-state index in [-0.39, 0.29) is 12.5 Å². The molecule has 0 radical (unpaired) electrons. The molecule has 0 bridgehead atoms. The molecular formula is C72H135NO8. The van der Waals surface area contributed by atoms with Crippen LogP contribution < -0.4 is 5.32 Å². The third-order valence-corrected chi connectivity index (χ3v) is 16.9. The number of hydrogen-bond donors (Lipinski definition) is 6. The van der Waals surface area contributed by atoms with Crippen molar-refractivity contribution in [3.8, 4) is 0 Å². The van der Waals surface area contributed by atoms with Crippen LogP contribution in [0.2, 0.25) is 0 Å². The minimum absolute atomic E-state index is 0.170. The molecule has 1 saturated heterocycles. The van der Waals surface area contributed by atoms with E-state index in [4.69, 9.17) is 9.47 Å². The number of nitrogens with one attached hydrogen (secondary N) is 1. The molecule has 1 aliphatic heterocycles. The SMILES string of the molecule is CCCCCCC/C=C\C/C=C\C/C=C\CCCCCCCCCCCCCCCCCCCCCCCCCCCCC(=O)NC(COC1OC(CO)C(O)C(O)C1O)C(O)/C=C/CCCCCCCCCCCCCCCCC. The van der Waals surface area contributed by atoms with Crippen molar-refractivity contribution in [1.29, 1.82) is 0 Å². The van der Waals surface area contributed by atoms with Crippen LogP contribution in [0.15, 0.2) is 48.6 Å². The maximum atomic E-state index is 13.1. The molecule has 7 atom stereocenters. The fraction of sp³-hybridized carbons (Fsp3) is 0.875. The van der Waals surface area contributed by atoms with Crippen molar-refractivity contribution in [3.05, 3.63) is 48.6 Å². The predicted molar refractivity (Wildman–Crippen MR) is 346 cm³/mol. The number of allylic oxidation sites excluding steroid dienone is 7. The van der Waals surface area contributed by atoms with Crippen LogP contribution in [-0.4, -0.2) is 87.5 Å². The van der Waals surface area contributed by atoms with Crippen molar-refractivity contribution < 1.29 is 39.8 Å². The Morgan fingerprint density at radius 1 is 0.420 bits per heavy atom. The zero-order valence-corrected chi connectivity index (χ0v) is 53.3. The molecule has 0 aromatic heterocycles. The van der Waals surface area contributed by atoms with Gasteiger partial charge in [0.1, 0.15) is 24.4 Å². The molecule has 9 heteroatoms. The lowest BCUT2D eigenvalue weighted by Crippen LogP contribution is -2.60. The highest BCUT2D eigenvalue weighted by molar-refractivity contribution is 5.76. The Bertz CT molecular complexity index is 1420. The second kappa shape index (κ2) is 61.2. The van der Waals surface area contributed by atoms with Crippen molar-refractivity contribution in [3.63, 3.8) is 0 Å². The summed E-state index contributed by atoms with van der Waals surface area (Å²) in [5.74, 6) is -0.170. The first-order chi connectivity index (χ1) is 39.8. The van der Waals surface area contributed by atoms with Crippen LogP contribution in [0.1, 0.15) is 348 Å². The molecule has 81 heavy (non-hydrogen) atoms. The number of ether oxygens (including phenoxy) is 2. The Morgan fingerprint density at radius 3 is 1.07 bits per heavy atom. The van der Waals surface area contributed by atoms with E-state index in [0.717, 1.165) is 51.4 Å². The number of aliphatic hydroxyl groups is 5. The van der Waals surface area contributed by atoms with Gasteiger partial charge in [0.2, 0.25) is 5.91 Å². The molecule has 1 aliphatic rings. The van der Waals surface area contributed by atoms with E-state index < -0.39 is 49.5 Å². The highest BCUT2D eigenvalue weighted by Crippen LogP contribution is 2.23. The fourth-order valence-electron chi connectivity index (χ4n) is 11.3. The normalized spacial score (nSPS) is 18.6. The monoisotopic (exact) mass is 1140 g/mol. The van der Waals surface area contributed by atoms with E-state index in [1.165, 1.54) is 276 Å². The van der Waals surface area contributed by atoms with Gasteiger partial charge in [-0.25, -0.2) is 0 Å². The van der Waals surface area contributed by atoms with Crippen LogP contribution in [0.25, 0.3) is 0 Å². The fourth-order valence-corrected chi connectivity index (χ4v) is 11.3. The molecule has 476 valence electrons. The summed E-state index contributed by atoms with van der Waals surface area (Å²) in [6.45, 7) is 3.80. The maximum Gasteiger partial charge on any atom is 0.220 e. The van der Waals surface area contributed by atoms with Crippen LogP contribution in [0.4, 0.5) is 0 Å². The van der Waals surface area contributed by atoms with Gasteiger partial charge in [-0.1, -0.05) is 332 Å². The first-order valence-electron chi connectivity index (χ1n) is 35.4. The van der Waals surface area contributed by atoms with E-state index in [0.29, 0.717) is 6.42 Å². The van der Waals surface area contributed by atoms with Gasteiger partial charge in [-0.05, 0) is 57.8 Å². The van der Waals surface area contributed by atoms with E-state index in [1.807, 2.05) is 6.08 Å². The Labute approximate surface area is 501 Å². The molecule has 0 spiro atoms. The lowest BCUT2D eigenvalue weighted by molar-refractivity contribution is -0.302. The molecule has 1 amide bonds. The smallest absolute Gasteiger partial charge is 0.220 e. The number of hydrogen-bond acceptors (Lipinski definition) is 8. The van der Waals surface area contributed by atoms with E-state index >= 15 is 0 Å². The van der Waals surface area contributed by atoms with Gasteiger partial charge in [0.25, 0.3) is 0 Å². The Kier molecular flexibility index (Phi) is 58.3. The molecule has 6 N–H and O–H groups in total. The second-order valence-electron chi connectivity index (χ2n) is 24.7. The maximum absolute atomic E-state index is 13.1. The van der Waals surface area contributed by atoms with Gasteiger partial charge in [0, 0.05) is 6.42 Å². The van der Waals surface area contributed by atoms with E-state index in [1.54, 1.807) is 6.08 Å². The van der Waals surface area contributed by atoms with Crippen molar-refractivity contribution in [2.24, 2.45) is 0 Å². The summed E-state index contributed by atoms with van der Waals surface area (Å²) in [5, 5.41) is 54.7. The molecule has 0 aromatic carbocycles. The highest BCUT2D eigenvalue weighted by atomic mass is 16.7. The number of aliphatic hydroxyl groups excluding tert-OH is 5. The van der Waals surface area contributed by atoms with Gasteiger partial charge in [-0.15, -0.1) is 0 Å². The first kappa shape index (κ1) is 77.2.